The van der Waals surface area contributed by atoms with Crippen molar-refractivity contribution < 1.29 is 9.90 Å². The van der Waals surface area contributed by atoms with Crippen LogP contribution in [0, 0.1) is 0 Å². The summed E-state index contributed by atoms with van der Waals surface area (Å²) in [4.78, 5) is 19.2. The summed E-state index contributed by atoms with van der Waals surface area (Å²) in [5, 5.41) is 13.3. The van der Waals surface area contributed by atoms with Crippen LogP contribution < -0.4 is 0 Å². The topological polar surface area (TPSA) is 71.2 Å². The summed E-state index contributed by atoms with van der Waals surface area (Å²) >= 11 is 1.79. The molecule has 124 valence electrons. The van der Waals surface area contributed by atoms with Gasteiger partial charge in [0.1, 0.15) is 0 Å². The average molecular weight is 342 g/mol. The van der Waals surface area contributed by atoms with E-state index in [0.29, 0.717) is 0 Å². The molecule has 0 aliphatic carbocycles. The Morgan fingerprint density at radius 1 is 1.46 bits per heavy atom. The lowest BCUT2D eigenvalue weighted by Gasteiger charge is -2.32. The zero-order chi connectivity index (χ0) is 16.5. The lowest BCUT2D eigenvalue weighted by atomic mass is 10.1. The van der Waals surface area contributed by atoms with Crippen LogP contribution in [-0.2, 0) is 6.54 Å². The molecule has 0 amide bonds. The number of carboxylic acids is 1. The zero-order valence-electron chi connectivity index (χ0n) is 13.1. The Balaban J connectivity index is 1.47. The number of hydrogen-bond acceptors (Lipinski definition) is 5. The second-order valence-corrected chi connectivity index (χ2v) is 7.31. The van der Waals surface area contributed by atoms with Crippen LogP contribution in [0.25, 0.3) is 10.2 Å². The maximum absolute atomic E-state index is 11.0. The fourth-order valence-corrected chi connectivity index (χ4v) is 4.32. The summed E-state index contributed by atoms with van der Waals surface area (Å²) < 4.78 is 3.03. The van der Waals surface area contributed by atoms with Crippen molar-refractivity contribution in [1.29, 1.82) is 0 Å². The lowest BCUT2D eigenvalue weighted by molar-refractivity contribution is 0.0696. The molecule has 0 bridgehead atoms. The van der Waals surface area contributed by atoms with Crippen molar-refractivity contribution in [3.05, 3.63) is 47.2 Å². The molecule has 1 aliphatic rings. The molecule has 1 saturated heterocycles. The van der Waals surface area contributed by atoms with Crippen LogP contribution >= 0.6 is 11.3 Å². The Labute approximate surface area is 143 Å². The average Bonchev–Trinajstić information content (AvgIpc) is 3.21. The maximum atomic E-state index is 11.0. The number of hydrogen-bond donors (Lipinski definition) is 1. The van der Waals surface area contributed by atoms with Crippen molar-refractivity contribution in [3.63, 3.8) is 0 Å². The van der Waals surface area contributed by atoms with Crippen molar-refractivity contribution in [2.24, 2.45) is 0 Å². The quantitative estimate of drug-likeness (QED) is 0.789. The number of aromatic nitrogens is 3. The van der Waals surface area contributed by atoms with E-state index in [1.54, 1.807) is 17.5 Å². The molecule has 4 heterocycles. The number of rotatable bonds is 4. The number of aromatic carboxylic acids is 1. The summed E-state index contributed by atoms with van der Waals surface area (Å²) in [5.74, 6) is -0.924. The Bertz CT molecular complexity index is 839. The molecule has 1 atom stereocenters. The number of pyridine rings is 1. The van der Waals surface area contributed by atoms with Crippen LogP contribution in [0.15, 0.2) is 36.8 Å². The largest absolute Gasteiger partial charge is 0.478 e. The van der Waals surface area contributed by atoms with E-state index >= 15 is 0 Å². The highest BCUT2D eigenvalue weighted by Crippen LogP contribution is 2.27. The fraction of sp³-hybridized carbons (Fsp3) is 0.353. The van der Waals surface area contributed by atoms with Gasteiger partial charge in [0.25, 0.3) is 0 Å². The second-order valence-electron chi connectivity index (χ2n) is 6.14. The molecular weight excluding hydrogens is 324 g/mol. The molecule has 24 heavy (non-hydrogen) atoms. The van der Waals surface area contributed by atoms with Crippen molar-refractivity contribution in [2.75, 3.05) is 13.1 Å². The number of nitrogens with zero attached hydrogens (tertiary/aromatic N) is 4. The van der Waals surface area contributed by atoms with Crippen LogP contribution in [-0.4, -0.2) is 43.8 Å². The summed E-state index contributed by atoms with van der Waals surface area (Å²) in [7, 11) is 0. The van der Waals surface area contributed by atoms with Crippen LogP contribution in [0.1, 0.15) is 34.1 Å². The van der Waals surface area contributed by atoms with Crippen molar-refractivity contribution in [2.45, 2.75) is 25.4 Å². The minimum atomic E-state index is -0.924. The first-order chi connectivity index (χ1) is 11.7. The van der Waals surface area contributed by atoms with Crippen LogP contribution in [0.5, 0.6) is 0 Å². The molecule has 6 nitrogen and oxygen atoms in total. The number of piperidine rings is 1. The third-order valence-electron chi connectivity index (χ3n) is 4.42. The van der Waals surface area contributed by atoms with Gasteiger partial charge in [0.2, 0.25) is 0 Å². The highest BCUT2D eigenvalue weighted by Gasteiger charge is 2.23. The lowest BCUT2D eigenvalue weighted by Crippen LogP contribution is -2.36. The first kappa shape index (κ1) is 15.3. The number of fused-ring (bicyclic) bond motifs is 1. The van der Waals surface area contributed by atoms with Crippen molar-refractivity contribution in [1.82, 2.24) is 19.7 Å². The standard InChI is InChI=1S/C17H18N4O2S/c22-17(23)12-8-19-21(9-12)13-3-2-6-20(10-13)11-14-7-15-16(24-14)4-1-5-18-15/h1,4-5,7-9,13H,2-3,6,10-11H2,(H,22,23). The summed E-state index contributed by atoms with van der Waals surface area (Å²) in [5.41, 5.74) is 1.31. The molecule has 0 spiro atoms. The third-order valence-corrected chi connectivity index (χ3v) is 5.50. The van der Waals surface area contributed by atoms with E-state index < -0.39 is 5.97 Å². The molecule has 0 radical (unpaired) electrons. The van der Waals surface area contributed by atoms with Crippen LogP contribution in [0.2, 0.25) is 0 Å². The third kappa shape index (κ3) is 3.05. The number of carbonyl (C=O) groups is 1. The van der Waals surface area contributed by atoms with Crippen molar-refractivity contribution >= 4 is 27.5 Å². The monoisotopic (exact) mass is 342 g/mol. The van der Waals surface area contributed by atoms with Gasteiger partial charge in [-0.25, -0.2) is 4.79 Å². The van der Waals surface area contributed by atoms with Crippen LogP contribution in [0.4, 0.5) is 0 Å². The van der Waals surface area contributed by atoms with Crippen LogP contribution in [0.3, 0.4) is 0 Å². The Morgan fingerprint density at radius 3 is 3.17 bits per heavy atom. The molecule has 1 aliphatic heterocycles. The Hall–Kier alpha value is -2.25. The van der Waals surface area contributed by atoms with E-state index in [2.05, 4.69) is 27.1 Å². The molecule has 0 saturated carbocycles. The second kappa shape index (κ2) is 6.33. The number of thiophene rings is 1. The molecular formula is C17H18N4O2S. The predicted octanol–water partition coefficient (Wildman–Crippen LogP) is 3.03. The summed E-state index contributed by atoms with van der Waals surface area (Å²) in [6, 6.07) is 6.48. The minimum absolute atomic E-state index is 0.236. The Morgan fingerprint density at radius 2 is 2.38 bits per heavy atom. The molecule has 7 heteroatoms. The van der Waals surface area contributed by atoms with E-state index in [1.165, 1.54) is 15.8 Å². The first-order valence-electron chi connectivity index (χ1n) is 8.02. The summed E-state index contributed by atoms with van der Waals surface area (Å²) in [6.45, 7) is 2.86. The van der Waals surface area contributed by atoms with Gasteiger partial charge in [-0.1, -0.05) is 0 Å². The van der Waals surface area contributed by atoms with Gasteiger partial charge in [-0.15, -0.1) is 11.3 Å². The smallest absolute Gasteiger partial charge is 0.338 e. The first-order valence-corrected chi connectivity index (χ1v) is 8.84. The summed E-state index contributed by atoms with van der Waals surface area (Å²) in [6.07, 6.45) is 7.02. The molecule has 0 aromatic carbocycles. The van der Waals surface area contributed by atoms with E-state index in [9.17, 15) is 4.79 Å². The molecule has 1 N–H and O–H groups in total. The predicted molar refractivity (Wildman–Crippen MR) is 92.4 cm³/mol. The zero-order valence-corrected chi connectivity index (χ0v) is 13.9. The molecule has 1 fully saturated rings. The van der Waals surface area contributed by atoms with Gasteiger partial charge in [0.15, 0.2) is 0 Å². The molecule has 4 rings (SSSR count). The SMILES string of the molecule is O=C(O)c1cnn(C2CCCN(Cc3cc4ncccc4s3)C2)c1. The highest BCUT2D eigenvalue weighted by atomic mass is 32.1. The van der Waals surface area contributed by atoms with E-state index in [-0.39, 0.29) is 11.6 Å². The van der Waals surface area contributed by atoms with E-state index in [4.69, 9.17) is 5.11 Å². The highest BCUT2D eigenvalue weighted by molar-refractivity contribution is 7.19. The van der Waals surface area contributed by atoms with Gasteiger partial charge in [0.05, 0.1) is 28.0 Å². The van der Waals surface area contributed by atoms with E-state index in [0.717, 1.165) is 38.0 Å². The van der Waals surface area contributed by atoms with Crippen molar-refractivity contribution in [3.8, 4) is 0 Å². The number of likely N-dealkylation sites (tertiary alicyclic amines) is 1. The molecule has 3 aromatic rings. The van der Waals surface area contributed by atoms with Gasteiger partial charge in [-0.2, -0.15) is 5.10 Å². The molecule has 3 aromatic heterocycles. The van der Waals surface area contributed by atoms with Gasteiger partial charge in [0, 0.05) is 30.4 Å². The van der Waals surface area contributed by atoms with Gasteiger partial charge in [-0.05, 0) is 37.6 Å². The Kier molecular flexibility index (Phi) is 4.03. The fourth-order valence-electron chi connectivity index (χ4n) is 3.26. The minimum Gasteiger partial charge on any atom is -0.478 e. The normalized spacial score (nSPS) is 18.9. The van der Waals surface area contributed by atoms with Gasteiger partial charge >= 0.3 is 5.97 Å². The van der Waals surface area contributed by atoms with Gasteiger partial charge in [-0.3, -0.25) is 14.6 Å². The van der Waals surface area contributed by atoms with E-state index in [1.807, 2.05) is 16.9 Å². The maximum Gasteiger partial charge on any atom is 0.338 e. The molecule has 1 unspecified atom stereocenters. The number of carboxylic acid groups (broad SMARTS) is 1. The van der Waals surface area contributed by atoms with Gasteiger partial charge < -0.3 is 5.11 Å².